The molecule has 7 N–H and O–H groups in total. The van der Waals surface area contributed by atoms with E-state index in [1.807, 2.05) is 6.07 Å². The van der Waals surface area contributed by atoms with Crippen molar-refractivity contribution in [1.82, 2.24) is 46.2 Å². The van der Waals surface area contributed by atoms with Crippen molar-refractivity contribution in [2.45, 2.75) is 243 Å². The molecule has 4 aliphatic rings. The van der Waals surface area contributed by atoms with Crippen LogP contribution in [0.25, 0.3) is 0 Å². The number of hydrogen-bond acceptors (Lipinski definition) is 14. The van der Waals surface area contributed by atoms with Crippen LogP contribution in [0.15, 0.2) is 60.7 Å². The minimum atomic E-state index is -1.17. The van der Waals surface area contributed by atoms with E-state index >= 15 is 0 Å². The van der Waals surface area contributed by atoms with Crippen molar-refractivity contribution < 1.29 is 67.6 Å². The van der Waals surface area contributed by atoms with Crippen LogP contribution in [0.3, 0.4) is 0 Å². The number of fused-ring (bicyclic) bond motifs is 2. The Morgan fingerprint density at radius 1 is 0.533 bits per heavy atom. The van der Waals surface area contributed by atoms with Crippen molar-refractivity contribution in [2.24, 2.45) is 11.8 Å². The Bertz CT molecular complexity index is 2590. The number of amides is 9. The van der Waals surface area contributed by atoms with Gasteiger partial charge in [-0.05, 0) is 130 Å². The van der Waals surface area contributed by atoms with Gasteiger partial charge in [0.25, 0.3) is 0 Å². The Hall–Kier alpha value is -7.14. The van der Waals surface area contributed by atoms with Crippen molar-refractivity contribution in [2.75, 3.05) is 33.9 Å². The Balaban J connectivity index is 0.976. The van der Waals surface area contributed by atoms with Crippen molar-refractivity contribution in [3.05, 3.63) is 71.8 Å². The molecular weight excluding hydrogens is 1150 g/mol. The summed E-state index contributed by atoms with van der Waals surface area (Å²) in [7, 11) is 2.91. The molecule has 498 valence electrons. The summed E-state index contributed by atoms with van der Waals surface area (Å²) in [5, 5.41) is 35.5. The number of Topliss-reactive ketones (excluding diaryl/α,β-unsaturated/α-hetero) is 1. The average Bonchev–Trinajstić information content (AvgIpc) is 1.65. The van der Waals surface area contributed by atoms with Crippen LogP contribution >= 0.6 is 0 Å². The Morgan fingerprint density at radius 2 is 0.911 bits per heavy atom. The summed E-state index contributed by atoms with van der Waals surface area (Å²) < 4.78 is 11.0. The van der Waals surface area contributed by atoms with Gasteiger partial charge < -0.3 is 56.1 Å². The largest absolute Gasteiger partial charge is 0.444 e. The van der Waals surface area contributed by atoms with Gasteiger partial charge in [-0.2, -0.15) is 0 Å². The highest BCUT2D eigenvalue weighted by molar-refractivity contribution is 5.98. The highest BCUT2D eigenvalue weighted by Crippen LogP contribution is 2.37. The predicted octanol–water partition coefficient (Wildman–Crippen LogP) is 6.29. The normalized spacial score (nSPS) is 23.1. The smallest absolute Gasteiger partial charge is 0.410 e. The molecule has 0 spiro atoms. The Morgan fingerprint density at radius 3 is 1.31 bits per heavy atom. The molecule has 0 aliphatic carbocycles. The van der Waals surface area contributed by atoms with Gasteiger partial charge in [-0.15, -0.1) is 0 Å². The molecule has 4 heterocycles. The summed E-state index contributed by atoms with van der Waals surface area (Å²) >= 11 is 0. The maximum absolute atomic E-state index is 14.5. The molecule has 2 aromatic rings. The van der Waals surface area contributed by atoms with E-state index in [9.17, 15) is 58.2 Å². The number of likely N-dealkylation sites (N-methyl/N-ethyl adjacent to an activating group) is 2. The third kappa shape index (κ3) is 19.2. The van der Waals surface area contributed by atoms with Crippen molar-refractivity contribution in [3.63, 3.8) is 0 Å². The first-order valence-electron chi connectivity index (χ1n) is 32.6. The van der Waals surface area contributed by atoms with Crippen LogP contribution in [0.2, 0.25) is 0 Å². The summed E-state index contributed by atoms with van der Waals surface area (Å²) in [6.07, 6.45) is 8.28. The van der Waals surface area contributed by atoms with Gasteiger partial charge >= 0.3 is 12.2 Å². The van der Waals surface area contributed by atoms with E-state index in [0.717, 1.165) is 32.1 Å². The molecule has 0 radical (unpaired) electrons. The van der Waals surface area contributed by atoms with Crippen molar-refractivity contribution in [3.8, 4) is 0 Å². The molecule has 4 aliphatic heterocycles. The third-order valence-corrected chi connectivity index (χ3v) is 17.9. The third-order valence-electron chi connectivity index (χ3n) is 17.9. The maximum Gasteiger partial charge on any atom is 0.410 e. The summed E-state index contributed by atoms with van der Waals surface area (Å²) in [5.41, 5.74) is -0.435. The molecule has 0 saturated carbocycles. The second kappa shape index (κ2) is 33.3. The number of carbonyl (C=O) groups excluding carboxylic acids is 10. The molecule has 4 saturated heterocycles. The zero-order valence-electron chi connectivity index (χ0n) is 54.6. The fourth-order valence-electron chi connectivity index (χ4n) is 13.0. The Kier molecular flexibility index (Phi) is 26.6. The lowest BCUT2D eigenvalue weighted by molar-refractivity contribution is -0.145. The quantitative estimate of drug-likeness (QED) is 0.0461. The average molecular weight is 1260 g/mol. The molecule has 23 nitrogen and oxygen atoms in total. The topological polar surface area (TPSA) is 303 Å². The molecule has 9 amide bonds. The molecule has 12 atom stereocenters. The van der Waals surface area contributed by atoms with Crippen LogP contribution in [0.4, 0.5) is 9.59 Å². The number of aliphatic hydroxyl groups excluding tert-OH is 2. The van der Waals surface area contributed by atoms with Gasteiger partial charge in [-0.25, -0.2) is 9.59 Å². The molecule has 0 bridgehead atoms. The molecule has 4 fully saturated rings. The number of ether oxygens (including phenoxy) is 2. The van der Waals surface area contributed by atoms with Gasteiger partial charge in [0.15, 0.2) is 5.78 Å². The summed E-state index contributed by atoms with van der Waals surface area (Å²) in [4.78, 5) is 145. The first-order valence-corrected chi connectivity index (χ1v) is 32.6. The van der Waals surface area contributed by atoms with Crippen LogP contribution in [-0.4, -0.2) is 183 Å². The summed E-state index contributed by atoms with van der Waals surface area (Å²) in [5.74, 6) is -5.01. The number of nitrogens with one attached hydrogen (secondary N) is 5. The fraction of sp³-hybridized carbons (Fsp3) is 0.672. The molecule has 2 aromatic carbocycles. The van der Waals surface area contributed by atoms with Gasteiger partial charge in [-0.3, -0.25) is 48.2 Å². The van der Waals surface area contributed by atoms with Gasteiger partial charge in [-0.1, -0.05) is 107 Å². The summed E-state index contributed by atoms with van der Waals surface area (Å²) in [6, 6.07) is 9.03. The molecule has 90 heavy (non-hydrogen) atoms. The van der Waals surface area contributed by atoms with Gasteiger partial charge in [0.1, 0.15) is 59.5 Å². The molecule has 23 heteroatoms. The van der Waals surface area contributed by atoms with E-state index in [1.54, 1.807) is 110 Å². The minimum absolute atomic E-state index is 0.168. The molecule has 6 rings (SSSR count). The number of unbranched alkanes of at least 4 members (excludes halogenated alkanes) is 6. The number of benzene rings is 2. The first kappa shape index (κ1) is 71.9. The van der Waals surface area contributed by atoms with E-state index in [4.69, 9.17) is 9.47 Å². The molecular formula is C67H101N9O14. The SMILES string of the molecule is CC[C@@H](C(=O)N[C@@H]1C(=O)N2[C@@H](CC[C@@H]1CO)CC[C@H]2C(=O)N[C@H](C(=O)CCCCCCCCCNC(=O)[C@@H](NC(=O)[C@@H]1CC[C@@H]2CC[C@H](CO)[C@H](NC(=O)[C@H](CC)N(C)C(=O)OC(C)(C)C)C(=O)N21)c1ccccc1)c1ccccc1)N(C)C(=O)OC(C)(C)C. The lowest BCUT2D eigenvalue weighted by Gasteiger charge is -2.34. The van der Waals surface area contributed by atoms with Crippen molar-refractivity contribution in [1.29, 1.82) is 0 Å². The van der Waals surface area contributed by atoms with Gasteiger partial charge in [0.05, 0.1) is 0 Å². The monoisotopic (exact) mass is 1260 g/mol. The highest BCUT2D eigenvalue weighted by atomic mass is 16.6. The number of aliphatic hydroxyl groups is 2. The van der Waals surface area contributed by atoms with E-state index in [0.29, 0.717) is 81.9 Å². The van der Waals surface area contributed by atoms with Crippen LogP contribution < -0.4 is 26.6 Å². The summed E-state index contributed by atoms with van der Waals surface area (Å²) in [6.45, 7) is 13.4. The predicted molar refractivity (Wildman–Crippen MR) is 337 cm³/mol. The molecule has 0 aromatic heterocycles. The van der Waals surface area contributed by atoms with Gasteiger partial charge in [0, 0.05) is 64.2 Å². The van der Waals surface area contributed by atoms with Crippen molar-refractivity contribution >= 4 is 59.3 Å². The zero-order chi connectivity index (χ0) is 66.0. The van der Waals surface area contributed by atoms with E-state index in [-0.39, 0.29) is 50.3 Å². The van der Waals surface area contributed by atoms with Gasteiger partial charge in [0.2, 0.25) is 41.4 Å². The van der Waals surface area contributed by atoms with Crippen LogP contribution in [0.1, 0.15) is 194 Å². The lowest BCUT2D eigenvalue weighted by atomic mass is 9.93. The standard InChI is InChI=1S/C67H101N9O14/c1-11-48(73(9)64(87)89-66(3,4)5)57(80)71-55-44(40-77)31-33-46-35-37-50(75(46)62(55)85)59(82)69-53(42-26-20-18-21-27-42)52(79)30-24-16-14-13-15-17-25-39-68-61(84)54(43-28-22-19-23-29-43)70-60(83)51-38-36-47-34-32-45(41-78)56(63(86)76(47)51)72-58(81)49(12-2)74(10)65(88)90-67(6,7)8/h18-23,26-29,44-51,53-56,77-78H,11-17,24-25,30-41H2,1-10H3,(H,68,84)(H,69,82)(H,70,83)(H,71,80)(H,72,81)/t44-,45-,46+,47+,48+,49+,50+,51+,53+,54+,55+,56+/m1/s1. The second-order valence-electron chi connectivity index (χ2n) is 26.7. The van der Waals surface area contributed by atoms with E-state index in [2.05, 4.69) is 26.6 Å². The fourth-order valence-corrected chi connectivity index (χ4v) is 13.0. The van der Waals surface area contributed by atoms with Crippen LogP contribution in [0.5, 0.6) is 0 Å². The highest BCUT2D eigenvalue weighted by Gasteiger charge is 2.50. The lowest BCUT2D eigenvalue weighted by Crippen LogP contribution is -2.59. The van der Waals surface area contributed by atoms with Crippen LogP contribution in [0, 0.1) is 11.8 Å². The minimum Gasteiger partial charge on any atom is -0.444 e. The number of nitrogens with zero attached hydrogens (tertiary/aromatic N) is 4. The van der Waals surface area contributed by atoms with E-state index < -0.39 is 125 Å². The molecule has 0 unspecified atom stereocenters. The maximum atomic E-state index is 14.5. The number of ketones is 1. The zero-order valence-corrected chi connectivity index (χ0v) is 54.6. The Labute approximate surface area is 531 Å². The number of hydrogen-bond donors (Lipinski definition) is 7. The first-order chi connectivity index (χ1) is 42.7. The second-order valence-corrected chi connectivity index (χ2v) is 26.7. The number of rotatable bonds is 28. The van der Waals surface area contributed by atoms with Crippen LogP contribution in [-0.2, 0) is 47.8 Å². The van der Waals surface area contributed by atoms with E-state index in [1.165, 1.54) is 33.7 Å². The number of carbonyl (C=O) groups is 10.